The molecule has 2 rings (SSSR count). The highest BCUT2D eigenvalue weighted by Gasteiger charge is 2.08. The SMILES string of the molecule is CN=C(NCc1ccc(F)c(COC)c1)NCC(C)Oc1cccc(OC)c1. The fourth-order valence-electron chi connectivity index (χ4n) is 2.60. The van der Waals surface area contributed by atoms with Gasteiger partial charge in [-0.25, -0.2) is 4.39 Å². The number of guanidine groups is 1. The van der Waals surface area contributed by atoms with E-state index in [0.717, 1.165) is 17.1 Å². The van der Waals surface area contributed by atoms with E-state index in [0.29, 0.717) is 24.6 Å². The quantitative estimate of drug-likeness (QED) is 0.510. The number of rotatable bonds is 9. The lowest BCUT2D eigenvalue weighted by Crippen LogP contribution is -2.41. The highest BCUT2D eigenvalue weighted by atomic mass is 19.1. The topological polar surface area (TPSA) is 64.1 Å². The van der Waals surface area contributed by atoms with E-state index in [1.807, 2.05) is 31.2 Å². The van der Waals surface area contributed by atoms with Crippen LogP contribution < -0.4 is 20.1 Å². The van der Waals surface area contributed by atoms with Gasteiger partial charge in [0.05, 0.1) is 20.3 Å². The molecule has 0 saturated heterocycles. The summed E-state index contributed by atoms with van der Waals surface area (Å²) in [6.45, 7) is 3.29. The minimum atomic E-state index is -0.267. The molecule has 0 heterocycles. The van der Waals surface area contributed by atoms with Crippen molar-refractivity contribution in [1.82, 2.24) is 10.6 Å². The summed E-state index contributed by atoms with van der Waals surface area (Å²) >= 11 is 0. The van der Waals surface area contributed by atoms with Crippen LogP contribution in [-0.4, -0.2) is 39.9 Å². The van der Waals surface area contributed by atoms with Crippen molar-refractivity contribution in [2.45, 2.75) is 26.2 Å². The van der Waals surface area contributed by atoms with Gasteiger partial charge < -0.3 is 24.8 Å². The molecule has 0 saturated carbocycles. The summed E-state index contributed by atoms with van der Waals surface area (Å²) in [6, 6.07) is 12.5. The Hall–Kier alpha value is -2.80. The molecule has 1 atom stereocenters. The third kappa shape index (κ3) is 6.74. The standard InChI is InChI=1S/C21H28FN3O3/c1-15(28-19-7-5-6-18(11-19)27-4)12-24-21(23-2)25-13-16-8-9-20(22)17(10-16)14-26-3/h5-11,15H,12-14H2,1-4H3,(H2,23,24,25). The number of ether oxygens (including phenoxy) is 3. The predicted molar refractivity (Wildman–Crippen MR) is 108 cm³/mol. The Labute approximate surface area is 165 Å². The second-order valence-corrected chi connectivity index (χ2v) is 6.27. The Morgan fingerprint density at radius 2 is 1.89 bits per heavy atom. The third-order valence-corrected chi connectivity index (χ3v) is 4.03. The first-order chi connectivity index (χ1) is 13.5. The number of benzene rings is 2. The molecule has 0 aromatic heterocycles. The Morgan fingerprint density at radius 3 is 2.61 bits per heavy atom. The van der Waals surface area contributed by atoms with Crippen LogP contribution in [0.4, 0.5) is 4.39 Å². The Morgan fingerprint density at radius 1 is 1.11 bits per heavy atom. The average molecular weight is 389 g/mol. The summed E-state index contributed by atoms with van der Waals surface area (Å²) in [5.41, 5.74) is 1.47. The van der Waals surface area contributed by atoms with Crippen molar-refractivity contribution in [3.05, 3.63) is 59.4 Å². The Bertz CT molecular complexity index is 783. The van der Waals surface area contributed by atoms with E-state index in [1.165, 1.54) is 6.07 Å². The first-order valence-electron chi connectivity index (χ1n) is 9.07. The summed E-state index contributed by atoms with van der Waals surface area (Å²) in [5, 5.41) is 6.44. The maximum Gasteiger partial charge on any atom is 0.191 e. The predicted octanol–water partition coefficient (Wildman–Crippen LogP) is 3.11. The van der Waals surface area contributed by atoms with Crippen molar-refractivity contribution in [2.75, 3.05) is 27.8 Å². The van der Waals surface area contributed by atoms with Gasteiger partial charge in [-0.2, -0.15) is 0 Å². The summed E-state index contributed by atoms with van der Waals surface area (Å²) in [4.78, 5) is 4.21. The number of methoxy groups -OCH3 is 2. The molecular weight excluding hydrogens is 361 g/mol. The van der Waals surface area contributed by atoms with E-state index in [1.54, 1.807) is 33.4 Å². The van der Waals surface area contributed by atoms with Crippen LogP contribution in [0, 0.1) is 5.82 Å². The summed E-state index contributed by atoms with van der Waals surface area (Å²) in [7, 11) is 4.87. The first-order valence-corrected chi connectivity index (χ1v) is 9.07. The first kappa shape index (κ1) is 21.5. The molecule has 2 aromatic rings. The van der Waals surface area contributed by atoms with Crippen molar-refractivity contribution in [2.24, 2.45) is 4.99 Å². The van der Waals surface area contributed by atoms with Crippen LogP contribution in [0.25, 0.3) is 0 Å². The minimum absolute atomic E-state index is 0.0789. The van der Waals surface area contributed by atoms with Crippen LogP contribution in [0.3, 0.4) is 0 Å². The number of nitrogens with zero attached hydrogens (tertiary/aromatic N) is 1. The molecular formula is C21H28FN3O3. The zero-order chi connectivity index (χ0) is 20.4. The normalized spacial score (nSPS) is 12.4. The van der Waals surface area contributed by atoms with Gasteiger partial charge in [0.1, 0.15) is 23.4 Å². The molecule has 0 spiro atoms. The Balaban J connectivity index is 1.83. The lowest BCUT2D eigenvalue weighted by molar-refractivity contribution is 0.181. The summed E-state index contributed by atoms with van der Waals surface area (Å²) in [5.74, 6) is 1.87. The molecule has 0 bridgehead atoms. The van der Waals surface area contributed by atoms with Crippen LogP contribution in [-0.2, 0) is 17.9 Å². The minimum Gasteiger partial charge on any atom is -0.497 e. The van der Waals surface area contributed by atoms with Crippen molar-refractivity contribution < 1.29 is 18.6 Å². The Kier molecular flexibility index (Phi) is 8.55. The van der Waals surface area contributed by atoms with Crippen molar-refractivity contribution in [3.63, 3.8) is 0 Å². The van der Waals surface area contributed by atoms with Crippen LogP contribution in [0.5, 0.6) is 11.5 Å². The van der Waals surface area contributed by atoms with Crippen LogP contribution >= 0.6 is 0 Å². The van der Waals surface area contributed by atoms with Crippen LogP contribution in [0.15, 0.2) is 47.5 Å². The van der Waals surface area contributed by atoms with E-state index >= 15 is 0 Å². The van der Waals surface area contributed by atoms with Gasteiger partial charge in [0.2, 0.25) is 0 Å². The van der Waals surface area contributed by atoms with E-state index in [2.05, 4.69) is 15.6 Å². The fourth-order valence-corrected chi connectivity index (χ4v) is 2.60. The van der Waals surface area contributed by atoms with Gasteiger partial charge in [0.25, 0.3) is 0 Å². The van der Waals surface area contributed by atoms with Gasteiger partial charge in [0.15, 0.2) is 5.96 Å². The van der Waals surface area contributed by atoms with Gasteiger partial charge in [0, 0.05) is 32.3 Å². The number of hydrogen-bond donors (Lipinski definition) is 2. The van der Waals surface area contributed by atoms with Crippen molar-refractivity contribution in [3.8, 4) is 11.5 Å². The fraction of sp³-hybridized carbons (Fsp3) is 0.381. The molecule has 0 amide bonds. The molecule has 6 nitrogen and oxygen atoms in total. The molecule has 0 radical (unpaired) electrons. The van der Waals surface area contributed by atoms with Gasteiger partial charge in [-0.15, -0.1) is 0 Å². The second-order valence-electron chi connectivity index (χ2n) is 6.27. The maximum absolute atomic E-state index is 13.7. The van der Waals surface area contributed by atoms with Gasteiger partial charge >= 0.3 is 0 Å². The van der Waals surface area contributed by atoms with Gasteiger partial charge in [-0.1, -0.05) is 12.1 Å². The number of hydrogen-bond acceptors (Lipinski definition) is 4. The van der Waals surface area contributed by atoms with Gasteiger partial charge in [-0.3, -0.25) is 4.99 Å². The lowest BCUT2D eigenvalue weighted by atomic mass is 10.1. The van der Waals surface area contributed by atoms with E-state index in [9.17, 15) is 4.39 Å². The largest absolute Gasteiger partial charge is 0.497 e. The van der Waals surface area contributed by atoms with Crippen LogP contribution in [0.1, 0.15) is 18.1 Å². The smallest absolute Gasteiger partial charge is 0.191 e. The van der Waals surface area contributed by atoms with Crippen molar-refractivity contribution in [1.29, 1.82) is 0 Å². The molecule has 0 fully saturated rings. The number of halogens is 1. The number of aliphatic imine (C=N–C) groups is 1. The molecule has 0 aliphatic rings. The molecule has 28 heavy (non-hydrogen) atoms. The number of nitrogens with one attached hydrogen (secondary N) is 2. The zero-order valence-electron chi connectivity index (χ0n) is 16.8. The van der Waals surface area contributed by atoms with Crippen LogP contribution in [0.2, 0.25) is 0 Å². The molecule has 2 aromatic carbocycles. The lowest BCUT2D eigenvalue weighted by Gasteiger charge is -2.18. The molecule has 2 N–H and O–H groups in total. The van der Waals surface area contributed by atoms with Crippen molar-refractivity contribution >= 4 is 5.96 Å². The molecule has 1 unspecified atom stereocenters. The second kappa shape index (κ2) is 11.1. The maximum atomic E-state index is 13.7. The van der Waals surface area contributed by atoms with Gasteiger partial charge in [-0.05, 0) is 36.8 Å². The summed E-state index contributed by atoms with van der Waals surface area (Å²) < 4.78 is 29.8. The van der Waals surface area contributed by atoms with E-state index in [-0.39, 0.29) is 18.5 Å². The zero-order valence-corrected chi connectivity index (χ0v) is 16.8. The monoisotopic (exact) mass is 389 g/mol. The average Bonchev–Trinajstić information content (AvgIpc) is 2.70. The highest BCUT2D eigenvalue weighted by molar-refractivity contribution is 5.79. The molecule has 152 valence electrons. The highest BCUT2D eigenvalue weighted by Crippen LogP contribution is 2.19. The molecule has 0 aliphatic heterocycles. The third-order valence-electron chi connectivity index (χ3n) is 4.03. The van der Waals surface area contributed by atoms with E-state index < -0.39 is 0 Å². The summed E-state index contributed by atoms with van der Waals surface area (Å²) in [6.07, 6.45) is -0.0789. The molecule has 0 aliphatic carbocycles. The van der Waals surface area contributed by atoms with E-state index in [4.69, 9.17) is 14.2 Å². The molecule has 7 heteroatoms.